The summed E-state index contributed by atoms with van der Waals surface area (Å²) in [6.45, 7) is 3.97. The lowest BCUT2D eigenvalue weighted by atomic mass is 10.1. The van der Waals surface area contributed by atoms with Crippen molar-refractivity contribution in [2.45, 2.75) is 33.1 Å². The van der Waals surface area contributed by atoms with E-state index < -0.39 is 11.7 Å². The maximum Gasteiger partial charge on any atom is 0.417 e. The van der Waals surface area contributed by atoms with Crippen molar-refractivity contribution < 1.29 is 18.0 Å². The summed E-state index contributed by atoms with van der Waals surface area (Å²) in [4.78, 5) is 31.2. The number of nitrogens with zero attached hydrogens (tertiary/aromatic N) is 4. The van der Waals surface area contributed by atoms with Crippen molar-refractivity contribution in [1.82, 2.24) is 24.8 Å². The van der Waals surface area contributed by atoms with E-state index in [4.69, 9.17) is 5.73 Å². The first kappa shape index (κ1) is 24.2. The van der Waals surface area contributed by atoms with Crippen LogP contribution in [0.4, 0.5) is 19.0 Å². The lowest BCUT2D eigenvalue weighted by Crippen LogP contribution is -2.30. The summed E-state index contributed by atoms with van der Waals surface area (Å²) < 4.78 is 39.1. The number of aromatic amines is 1. The number of pyridine rings is 3. The summed E-state index contributed by atoms with van der Waals surface area (Å²) in [6.07, 6.45) is -2.05. The zero-order valence-electron chi connectivity index (χ0n) is 20.1. The standard InChI is InChI=1S/C27H23F3N6O/c1-15-9-19-11-17(3-6-23(19)35-24(15)31)26(37)36(14-21-5-4-20(12-33-21)27(28,29)30)13-18-7-8-32-25-22(18)10-16(2)34-25/h3-12H,13-14H2,1-2H3,(H2,31,35)(H,32,34). The molecule has 0 atom stereocenters. The van der Waals surface area contributed by atoms with Crippen LogP contribution in [0.2, 0.25) is 0 Å². The first-order valence-corrected chi connectivity index (χ1v) is 11.5. The average Bonchev–Trinajstić information content (AvgIpc) is 3.24. The molecule has 4 aromatic heterocycles. The SMILES string of the molecule is Cc1cc2c(CN(Cc3ccc(C(F)(F)F)cn3)C(=O)c3ccc4nc(N)c(C)cc4c3)ccnc2[nH]1. The van der Waals surface area contributed by atoms with Gasteiger partial charge in [0.2, 0.25) is 0 Å². The fraction of sp³-hybridized carbons (Fsp3) is 0.185. The second-order valence-corrected chi connectivity index (χ2v) is 8.98. The molecule has 3 N–H and O–H groups in total. The summed E-state index contributed by atoms with van der Waals surface area (Å²) in [5.74, 6) is 0.125. The third kappa shape index (κ3) is 4.95. The van der Waals surface area contributed by atoms with Crippen molar-refractivity contribution >= 4 is 33.7 Å². The van der Waals surface area contributed by atoms with E-state index in [1.165, 1.54) is 6.07 Å². The number of rotatable bonds is 5. The fourth-order valence-corrected chi connectivity index (χ4v) is 4.25. The van der Waals surface area contributed by atoms with E-state index >= 15 is 0 Å². The number of H-pyrrole nitrogens is 1. The molecule has 0 saturated carbocycles. The van der Waals surface area contributed by atoms with E-state index in [1.807, 2.05) is 32.0 Å². The molecule has 0 radical (unpaired) electrons. The lowest BCUT2D eigenvalue weighted by molar-refractivity contribution is -0.137. The minimum Gasteiger partial charge on any atom is -0.383 e. The van der Waals surface area contributed by atoms with Crippen molar-refractivity contribution in [3.8, 4) is 0 Å². The number of anilines is 1. The third-order valence-electron chi connectivity index (χ3n) is 6.20. The molecule has 0 spiro atoms. The van der Waals surface area contributed by atoms with Gasteiger partial charge in [-0.3, -0.25) is 9.78 Å². The summed E-state index contributed by atoms with van der Waals surface area (Å²) >= 11 is 0. The number of aromatic nitrogens is 4. The topological polar surface area (TPSA) is 101 Å². The maximum atomic E-state index is 13.8. The van der Waals surface area contributed by atoms with Crippen molar-refractivity contribution in [1.29, 1.82) is 0 Å². The van der Waals surface area contributed by atoms with Gasteiger partial charge < -0.3 is 15.6 Å². The average molecular weight is 505 g/mol. The van der Waals surface area contributed by atoms with Crippen molar-refractivity contribution in [2.75, 3.05) is 5.73 Å². The normalized spacial score (nSPS) is 11.8. The Balaban J connectivity index is 1.52. The second kappa shape index (κ2) is 9.20. The van der Waals surface area contributed by atoms with Gasteiger partial charge >= 0.3 is 6.18 Å². The highest BCUT2D eigenvalue weighted by molar-refractivity contribution is 5.98. The molecule has 5 rings (SSSR count). The number of alkyl halides is 3. The smallest absolute Gasteiger partial charge is 0.383 e. The number of halogens is 3. The third-order valence-corrected chi connectivity index (χ3v) is 6.20. The molecular weight excluding hydrogens is 481 g/mol. The van der Waals surface area contributed by atoms with E-state index in [2.05, 4.69) is 19.9 Å². The monoisotopic (exact) mass is 504 g/mol. The van der Waals surface area contributed by atoms with E-state index in [9.17, 15) is 18.0 Å². The zero-order chi connectivity index (χ0) is 26.3. The van der Waals surface area contributed by atoms with Gasteiger partial charge in [0.05, 0.1) is 23.3 Å². The van der Waals surface area contributed by atoms with Crippen LogP contribution in [0, 0.1) is 13.8 Å². The number of benzene rings is 1. The Morgan fingerprint density at radius 3 is 2.57 bits per heavy atom. The highest BCUT2D eigenvalue weighted by atomic mass is 19.4. The Bertz CT molecular complexity index is 1630. The first-order valence-electron chi connectivity index (χ1n) is 11.5. The quantitative estimate of drug-likeness (QED) is 0.326. The summed E-state index contributed by atoms with van der Waals surface area (Å²) in [7, 11) is 0. The van der Waals surface area contributed by atoms with E-state index in [0.717, 1.165) is 39.9 Å². The molecule has 37 heavy (non-hydrogen) atoms. The van der Waals surface area contributed by atoms with Gasteiger partial charge in [-0.15, -0.1) is 0 Å². The Morgan fingerprint density at radius 2 is 1.84 bits per heavy atom. The number of hydrogen-bond acceptors (Lipinski definition) is 5. The van der Waals surface area contributed by atoms with Gasteiger partial charge in [0, 0.05) is 41.0 Å². The van der Waals surface area contributed by atoms with E-state index in [1.54, 1.807) is 29.3 Å². The number of nitrogen functional groups attached to an aromatic ring is 1. The highest BCUT2D eigenvalue weighted by Crippen LogP contribution is 2.29. The molecule has 0 saturated heterocycles. The number of nitrogens with one attached hydrogen (secondary N) is 1. The Morgan fingerprint density at radius 1 is 1.03 bits per heavy atom. The number of aryl methyl sites for hydroxylation is 2. The van der Waals surface area contributed by atoms with Crippen molar-refractivity contribution in [2.24, 2.45) is 0 Å². The number of amides is 1. The predicted octanol–water partition coefficient (Wildman–Crippen LogP) is 5.57. The van der Waals surface area contributed by atoms with Gasteiger partial charge in [-0.25, -0.2) is 9.97 Å². The van der Waals surface area contributed by atoms with Crippen LogP contribution in [0.1, 0.15) is 38.4 Å². The molecule has 1 amide bonds. The van der Waals surface area contributed by atoms with Gasteiger partial charge in [0.25, 0.3) is 5.91 Å². The van der Waals surface area contributed by atoms with Crippen molar-refractivity contribution in [3.63, 3.8) is 0 Å². The second-order valence-electron chi connectivity index (χ2n) is 8.98. The van der Waals surface area contributed by atoms with Crippen LogP contribution in [0.25, 0.3) is 21.9 Å². The molecule has 0 aliphatic heterocycles. The molecule has 0 aliphatic rings. The minimum absolute atomic E-state index is 0.0151. The van der Waals surface area contributed by atoms with Crippen LogP contribution in [0.3, 0.4) is 0 Å². The summed E-state index contributed by atoms with van der Waals surface area (Å²) in [6, 6.07) is 13.0. The zero-order valence-corrected chi connectivity index (χ0v) is 20.1. The minimum atomic E-state index is -4.49. The van der Waals surface area contributed by atoms with E-state index in [0.29, 0.717) is 28.2 Å². The Hall–Kier alpha value is -4.47. The van der Waals surface area contributed by atoms with Gasteiger partial charge in [-0.1, -0.05) is 0 Å². The van der Waals surface area contributed by atoms with E-state index in [-0.39, 0.29) is 19.0 Å². The number of fused-ring (bicyclic) bond motifs is 2. The molecule has 4 heterocycles. The predicted molar refractivity (Wildman–Crippen MR) is 135 cm³/mol. The Kier molecular flexibility index (Phi) is 6.02. The van der Waals surface area contributed by atoms with Crippen LogP contribution in [0.5, 0.6) is 0 Å². The lowest BCUT2D eigenvalue weighted by Gasteiger charge is -2.23. The fourth-order valence-electron chi connectivity index (χ4n) is 4.25. The molecule has 1 aromatic carbocycles. The first-order chi connectivity index (χ1) is 17.6. The van der Waals surface area contributed by atoms with Crippen LogP contribution >= 0.6 is 0 Å². The van der Waals surface area contributed by atoms with Crippen LogP contribution in [-0.4, -0.2) is 30.7 Å². The van der Waals surface area contributed by atoms with Crippen molar-refractivity contribution in [3.05, 3.63) is 94.6 Å². The number of carbonyl (C=O) groups excluding carboxylic acids is 1. The van der Waals surface area contributed by atoms with Crippen LogP contribution in [-0.2, 0) is 19.3 Å². The largest absolute Gasteiger partial charge is 0.417 e. The molecule has 188 valence electrons. The Labute approximate surface area is 210 Å². The number of nitrogens with two attached hydrogens (primary N) is 1. The summed E-state index contributed by atoms with van der Waals surface area (Å²) in [5.41, 5.74) is 9.75. The molecular formula is C27H23F3N6O. The molecule has 7 nitrogen and oxygen atoms in total. The van der Waals surface area contributed by atoms with Gasteiger partial charge in [0.15, 0.2) is 0 Å². The van der Waals surface area contributed by atoms with Gasteiger partial charge in [-0.2, -0.15) is 13.2 Å². The summed E-state index contributed by atoms with van der Waals surface area (Å²) in [5, 5.41) is 1.63. The highest BCUT2D eigenvalue weighted by Gasteiger charge is 2.31. The number of hydrogen-bond donors (Lipinski definition) is 2. The van der Waals surface area contributed by atoms with Crippen LogP contribution < -0.4 is 5.73 Å². The van der Waals surface area contributed by atoms with Gasteiger partial charge in [-0.05, 0) is 73.5 Å². The maximum absolute atomic E-state index is 13.8. The molecule has 0 unspecified atom stereocenters. The molecule has 0 aliphatic carbocycles. The molecule has 10 heteroatoms. The van der Waals surface area contributed by atoms with Gasteiger partial charge in [0.1, 0.15) is 11.5 Å². The molecule has 0 fully saturated rings. The molecule has 5 aromatic rings. The van der Waals surface area contributed by atoms with Crippen LogP contribution in [0.15, 0.2) is 60.9 Å². The molecule has 0 bridgehead atoms. The number of carbonyl (C=O) groups is 1.